The molecule has 2 aliphatic rings. The van der Waals surface area contributed by atoms with E-state index >= 15 is 0 Å². The molecule has 0 radical (unpaired) electrons. The third kappa shape index (κ3) is 2.81. The Morgan fingerprint density at radius 1 is 1.29 bits per heavy atom. The summed E-state index contributed by atoms with van der Waals surface area (Å²) in [6, 6.07) is 7.38. The Hall–Kier alpha value is -1.55. The summed E-state index contributed by atoms with van der Waals surface area (Å²) in [6.07, 6.45) is 0. The fraction of sp³-hybridized carbons (Fsp3) is 0.529. The molecule has 0 aromatic heterocycles. The Morgan fingerprint density at radius 2 is 1.88 bits per heavy atom. The molecule has 3 rings (SSSR count). The average molecular weight is 347 g/mol. The molecule has 2 saturated heterocycles. The lowest BCUT2D eigenvalue weighted by Gasteiger charge is -2.35. The summed E-state index contributed by atoms with van der Waals surface area (Å²) >= 11 is 6.32. The molecular weight excluding hydrogens is 326 g/mol. The number of benzene rings is 1. The number of nitriles is 1. The molecule has 2 fully saturated rings. The van der Waals surface area contributed by atoms with E-state index < -0.39 is 18.3 Å². The standard InChI is InChI=1S/C17H20BClN2O3/c1-16(2)17(3,4)24-18(23-16)12-5-6-13(14(19)7-12)15(22)21-9-11(8-20)10-21/h5-7,11H,9-10H2,1-4H3. The minimum atomic E-state index is -0.511. The van der Waals surface area contributed by atoms with E-state index in [1.807, 2.05) is 33.8 Å². The van der Waals surface area contributed by atoms with Crippen LogP contribution in [-0.2, 0) is 9.31 Å². The van der Waals surface area contributed by atoms with E-state index in [9.17, 15) is 4.79 Å². The van der Waals surface area contributed by atoms with E-state index in [-0.39, 0.29) is 11.8 Å². The number of amides is 1. The summed E-state index contributed by atoms with van der Waals surface area (Å²) in [5.74, 6) is -0.219. The number of rotatable bonds is 2. The smallest absolute Gasteiger partial charge is 0.399 e. The molecule has 0 bridgehead atoms. The van der Waals surface area contributed by atoms with Gasteiger partial charge in [0.1, 0.15) is 0 Å². The summed E-state index contributed by atoms with van der Waals surface area (Å²) in [5, 5.41) is 9.18. The van der Waals surface area contributed by atoms with Crippen molar-refractivity contribution >= 4 is 30.1 Å². The molecule has 7 heteroatoms. The largest absolute Gasteiger partial charge is 0.494 e. The molecule has 2 heterocycles. The first-order chi connectivity index (χ1) is 11.1. The van der Waals surface area contributed by atoms with Gasteiger partial charge in [-0.05, 0) is 45.3 Å². The Kier molecular flexibility index (Phi) is 4.15. The summed E-state index contributed by atoms with van der Waals surface area (Å²) < 4.78 is 12.0. The highest BCUT2D eigenvalue weighted by atomic mass is 35.5. The number of halogens is 1. The fourth-order valence-corrected chi connectivity index (χ4v) is 3.00. The minimum Gasteiger partial charge on any atom is -0.399 e. The van der Waals surface area contributed by atoms with Gasteiger partial charge in [0.05, 0.1) is 33.8 Å². The van der Waals surface area contributed by atoms with Crippen LogP contribution in [0.3, 0.4) is 0 Å². The van der Waals surface area contributed by atoms with E-state index in [2.05, 4.69) is 6.07 Å². The van der Waals surface area contributed by atoms with Gasteiger partial charge in [-0.15, -0.1) is 0 Å². The van der Waals surface area contributed by atoms with E-state index in [0.29, 0.717) is 23.7 Å². The molecular formula is C17H20BClN2O3. The molecule has 24 heavy (non-hydrogen) atoms. The van der Waals surface area contributed by atoms with Crippen LogP contribution in [0.2, 0.25) is 5.02 Å². The maximum atomic E-state index is 12.4. The number of carbonyl (C=O) groups is 1. The van der Waals surface area contributed by atoms with Gasteiger partial charge in [0.25, 0.3) is 5.91 Å². The fourth-order valence-electron chi connectivity index (χ4n) is 2.73. The number of hydrogen-bond donors (Lipinski definition) is 0. The van der Waals surface area contributed by atoms with Gasteiger partial charge >= 0.3 is 7.12 Å². The predicted octanol–water partition coefficient (Wildman–Crippen LogP) is 2.23. The minimum absolute atomic E-state index is 0.0725. The van der Waals surface area contributed by atoms with E-state index in [1.165, 1.54) is 0 Å². The number of hydrogen-bond acceptors (Lipinski definition) is 4. The summed E-state index contributed by atoms with van der Waals surface area (Å²) in [6.45, 7) is 8.88. The molecule has 0 unspecified atom stereocenters. The van der Waals surface area contributed by atoms with Gasteiger partial charge in [-0.3, -0.25) is 4.79 Å². The molecule has 126 valence electrons. The second-order valence-corrected chi connectivity index (χ2v) is 7.77. The van der Waals surface area contributed by atoms with Crippen LogP contribution in [0, 0.1) is 17.2 Å². The van der Waals surface area contributed by atoms with E-state index in [0.717, 1.165) is 5.46 Å². The van der Waals surface area contributed by atoms with Crippen LogP contribution in [0.15, 0.2) is 18.2 Å². The zero-order valence-electron chi connectivity index (χ0n) is 14.3. The Labute approximate surface area is 147 Å². The quantitative estimate of drug-likeness (QED) is 0.771. The van der Waals surface area contributed by atoms with Crippen molar-refractivity contribution in [1.82, 2.24) is 4.90 Å². The molecule has 2 aliphatic heterocycles. The first-order valence-corrected chi connectivity index (χ1v) is 8.36. The summed E-state index contributed by atoms with van der Waals surface area (Å²) in [7, 11) is -0.511. The molecule has 0 N–H and O–H groups in total. The second kappa shape index (κ2) is 5.77. The predicted molar refractivity (Wildman–Crippen MR) is 92.2 cm³/mol. The first kappa shape index (κ1) is 17.3. The van der Waals surface area contributed by atoms with Crippen molar-refractivity contribution in [2.24, 2.45) is 5.92 Å². The van der Waals surface area contributed by atoms with Crippen LogP contribution in [-0.4, -0.2) is 42.2 Å². The molecule has 1 aromatic carbocycles. The van der Waals surface area contributed by atoms with Crippen molar-refractivity contribution < 1.29 is 14.1 Å². The molecule has 0 saturated carbocycles. The Bertz CT molecular complexity index is 707. The average Bonchev–Trinajstić information content (AvgIpc) is 2.66. The third-order valence-corrected chi connectivity index (χ3v) is 5.41. The van der Waals surface area contributed by atoms with Gasteiger partial charge in [-0.2, -0.15) is 5.26 Å². The second-order valence-electron chi connectivity index (χ2n) is 7.36. The third-order valence-electron chi connectivity index (χ3n) is 5.10. The van der Waals surface area contributed by atoms with Crippen LogP contribution < -0.4 is 5.46 Å². The molecule has 5 nitrogen and oxygen atoms in total. The lowest BCUT2D eigenvalue weighted by molar-refractivity contribution is 0.00578. The zero-order valence-corrected chi connectivity index (χ0v) is 15.1. The maximum Gasteiger partial charge on any atom is 0.494 e. The van der Waals surface area contributed by atoms with Crippen molar-refractivity contribution in [3.8, 4) is 6.07 Å². The summed E-state index contributed by atoms with van der Waals surface area (Å²) in [5.41, 5.74) is 0.368. The summed E-state index contributed by atoms with van der Waals surface area (Å²) in [4.78, 5) is 14.0. The number of likely N-dealkylation sites (tertiary alicyclic amines) is 1. The SMILES string of the molecule is CC1(C)OB(c2ccc(C(=O)N3CC(C#N)C3)c(Cl)c2)OC1(C)C. The van der Waals surface area contributed by atoms with E-state index in [1.54, 1.807) is 17.0 Å². The molecule has 0 aliphatic carbocycles. The van der Waals surface area contributed by atoms with Gasteiger partial charge in [-0.1, -0.05) is 17.7 Å². The van der Waals surface area contributed by atoms with Gasteiger partial charge in [0, 0.05) is 13.1 Å². The van der Waals surface area contributed by atoms with Gasteiger partial charge < -0.3 is 14.2 Å². The van der Waals surface area contributed by atoms with Crippen LogP contribution >= 0.6 is 11.6 Å². The first-order valence-electron chi connectivity index (χ1n) is 7.98. The number of nitrogens with zero attached hydrogens (tertiary/aromatic N) is 2. The normalized spacial score (nSPS) is 22.2. The highest BCUT2D eigenvalue weighted by Gasteiger charge is 2.51. The van der Waals surface area contributed by atoms with Gasteiger partial charge in [0.15, 0.2) is 0 Å². The Morgan fingerprint density at radius 3 is 2.38 bits per heavy atom. The zero-order chi connectivity index (χ0) is 17.7. The molecule has 0 spiro atoms. The van der Waals surface area contributed by atoms with Crippen molar-refractivity contribution in [3.05, 3.63) is 28.8 Å². The molecule has 1 amide bonds. The molecule has 1 aromatic rings. The Balaban J connectivity index is 1.77. The lowest BCUT2D eigenvalue weighted by atomic mass is 9.78. The highest BCUT2D eigenvalue weighted by Crippen LogP contribution is 2.36. The van der Waals surface area contributed by atoms with Crippen LogP contribution in [0.1, 0.15) is 38.1 Å². The number of carbonyl (C=O) groups excluding carboxylic acids is 1. The van der Waals surface area contributed by atoms with Crippen molar-refractivity contribution in [1.29, 1.82) is 5.26 Å². The lowest BCUT2D eigenvalue weighted by Crippen LogP contribution is -2.49. The van der Waals surface area contributed by atoms with Gasteiger partial charge in [-0.25, -0.2) is 0 Å². The molecule has 0 atom stereocenters. The van der Waals surface area contributed by atoms with Crippen LogP contribution in [0.5, 0.6) is 0 Å². The van der Waals surface area contributed by atoms with Crippen molar-refractivity contribution in [2.75, 3.05) is 13.1 Å². The topological polar surface area (TPSA) is 62.6 Å². The van der Waals surface area contributed by atoms with Crippen LogP contribution in [0.25, 0.3) is 0 Å². The maximum absolute atomic E-state index is 12.4. The monoisotopic (exact) mass is 346 g/mol. The highest BCUT2D eigenvalue weighted by molar-refractivity contribution is 6.62. The van der Waals surface area contributed by atoms with Crippen molar-refractivity contribution in [2.45, 2.75) is 38.9 Å². The van der Waals surface area contributed by atoms with E-state index in [4.69, 9.17) is 26.2 Å². The van der Waals surface area contributed by atoms with Crippen LogP contribution in [0.4, 0.5) is 0 Å². The van der Waals surface area contributed by atoms with Crippen molar-refractivity contribution in [3.63, 3.8) is 0 Å². The van der Waals surface area contributed by atoms with Gasteiger partial charge in [0.2, 0.25) is 0 Å².